The summed E-state index contributed by atoms with van der Waals surface area (Å²) in [4.78, 5) is 2.77. The summed E-state index contributed by atoms with van der Waals surface area (Å²) >= 11 is 0. The Kier molecular flexibility index (Phi) is 4.14. The quantitative estimate of drug-likeness (QED) is 0.813. The van der Waals surface area contributed by atoms with Crippen LogP contribution < -0.4 is 5.32 Å². The zero-order chi connectivity index (χ0) is 12.5. The number of rotatable bonds is 3. The summed E-state index contributed by atoms with van der Waals surface area (Å²) in [6.45, 7) is 13.2. The van der Waals surface area contributed by atoms with Crippen LogP contribution >= 0.6 is 0 Å². The number of hydrogen-bond acceptors (Lipinski definition) is 2. The maximum absolute atomic E-state index is 3.68. The van der Waals surface area contributed by atoms with Gasteiger partial charge in [-0.25, -0.2) is 0 Å². The fourth-order valence-electron chi connectivity index (χ4n) is 3.67. The molecule has 2 nitrogen and oxygen atoms in total. The van der Waals surface area contributed by atoms with Crippen molar-refractivity contribution in [1.82, 2.24) is 10.2 Å². The molecular formula is C15H30N2. The summed E-state index contributed by atoms with van der Waals surface area (Å²) in [5, 5.41) is 3.68. The van der Waals surface area contributed by atoms with Gasteiger partial charge in [0.05, 0.1) is 0 Å². The van der Waals surface area contributed by atoms with Crippen LogP contribution in [0.5, 0.6) is 0 Å². The average molecular weight is 238 g/mol. The van der Waals surface area contributed by atoms with Crippen LogP contribution in [0.3, 0.4) is 0 Å². The monoisotopic (exact) mass is 238 g/mol. The Morgan fingerprint density at radius 1 is 1.18 bits per heavy atom. The van der Waals surface area contributed by atoms with E-state index >= 15 is 0 Å². The van der Waals surface area contributed by atoms with Crippen molar-refractivity contribution in [3.63, 3.8) is 0 Å². The van der Waals surface area contributed by atoms with Gasteiger partial charge in [-0.3, -0.25) is 4.90 Å². The third kappa shape index (κ3) is 3.03. The number of hydrogen-bond donors (Lipinski definition) is 1. The first-order valence-corrected chi connectivity index (χ1v) is 7.49. The molecule has 0 bridgehead atoms. The van der Waals surface area contributed by atoms with Gasteiger partial charge in [-0.1, -0.05) is 34.1 Å². The van der Waals surface area contributed by atoms with Gasteiger partial charge in [-0.05, 0) is 43.7 Å². The van der Waals surface area contributed by atoms with E-state index in [9.17, 15) is 0 Å². The fraction of sp³-hybridized carbons (Fsp3) is 1.00. The van der Waals surface area contributed by atoms with Gasteiger partial charge >= 0.3 is 0 Å². The molecule has 1 heterocycles. The summed E-state index contributed by atoms with van der Waals surface area (Å²) < 4.78 is 0. The summed E-state index contributed by atoms with van der Waals surface area (Å²) in [7, 11) is 0. The minimum absolute atomic E-state index is 0.487. The fourth-order valence-corrected chi connectivity index (χ4v) is 3.67. The van der Waals surface area contributed by atoms with E-state index in [-0.39, 0.29) is 0 Å². The smallest absolute Gasteiger partial charge is 0.0249 e. The standard InChI is InChI=1S/C15H30N2/c1-5-16-13-7-6-8-14(13)17-10-9-12(11-17)15(2,3)4/h12-14,16H,5-11H2,1-4H3. The Balaban J connectivity index is 1.91. The van der Waals surface area contributed by atoms with Crippen LogP contribution in [0.15, 0.2) is 0 Å². The molecule has 2 rings (SSSR count). The second-order valence-electron chi connectivity index (χ2n) is 7.01. The van der Waals surface area contributed by atoms with Crippen LogP contribution in [0.4, 0.5) is 0 Å². The van der Waals surface area contributed by atoms with E-state index in [4.69, 9.17) is 0 Å². The lowest BCUT2D eigenvalue weighted by molar-refractivity contribution is 0.177. The van der Waals surface area contributed by atoms with Gasteiger partial charge in [0.1, 0.15) is 0 Å². The second-order valence-corrected chi connectivity index (χ2v) is 7.01. The van der Waals surface area contributed by atoms with Crippen molar-refractivity contribution in [3.8, 4) is 0 Å². The molecule has 2 aliphatic rings. The molecule has 1 saturated carbocycles. The van der Waals surface area contributed by atoms with Crippen LogP contribution in [0.1, 0.15) is 53.4 Å². The molecule has 0 aromatic heterocycles. The molecule has 1 N–H and O–H groups in total. The van der Waals surface area contributed by atoms with E-state index in [1.165, 1.54) is 38.8 Å². The topological polar surface area (TPSA) is 15.3 Å². The first-order valence-electron chi connectivity index (χ1n) is 7.49. The number of nitrogens with zero attached hydrogens (tertiary/aromatic N) is 1. The summed E-state index contributed by atoms with van der Waals surface area (Å²) in [5.41, 5.74) is 0.487. The molecule has 2 heteroatoms. The van der Waals surface area contributed by atoms with Crippen LogP contribution in [-0.2, 0) is 0 Å². The highest BCUT2D eigenvalue weighted by Gasteiger charge is 2.38. The molecule has 1 aliphatic carbocycles. The van der Waals surface area contributed by atoms with Crippen LogP contribution in [0, 0.1) is 11.3 Å². The molecule has 100 valence electrons. The Morgan fingerprint density at radius 2 is 1.94 bits per heavy atom. The van der Waals surface area contributed by atoms with E-state index in [2.05, 4.69) is 37.9 Å². The number of likely N-dealkylation sites (N-methyl/N-ethyl adjacent to an activating group) is 1. The van der Waals surface area contributed by atoms with E-state index < -0.39 is 0 Å². The minimum atomic E-state index is 0.487. The lowest BCUT2D eigenvalue weighted by Gasteiger charge is -2.32. The van der Waals surface area contributed by atoms with Crippen LogP contribution in [-0.4, -0.2) is 36.6 Å². The third-order valence-corrected chi connectivity index (χ3v) is 4.86. The molecule has 3 atom stereocenters. The first kappa shape index (κ1) is 13.4. The van der Waals surface area contributed by atoms with Crippen LogP contribution in [0.2, 0.25) is 0 Å². The zero-order valence-electron chi connectivity index (χ0n) is 12.1. The second kappa shape index (κ2) is 5.27. The normalized spacial score (nSPS) is 35.6. The summed E-state index contributed by atoms with van der Waals surface area (Å²) in [5.74, 6) is 0.894. The highest BCUT2D eigenvalue weighted by Crippen LogP contribution is 2.36. The minimum Gasteiger partial charge on any atom is -0.313 e. The van der Waals surface area contributed by atoms with E-state index in [0.29, 0.717) is 5.41 Å². The lowest BCUT2D eigenvalue weighted by atomic mass is 9.80. The van der Waals surface area contributed by atoms with Gasteiger partial charge in [0.25, 0.3) is 0 Å². The molecule has 2 fully saturated rings. The highest BCUT2D eigenvalue weighted by molar-refractivity contribution is 4.95. The predicted octanol–water partition coefficient (Wildman–Crippen LogP) is 2.89. The lowest BCUT2D eigenvalue weighted by Crippen LogP contribution is -2.46. The average Bonchev–Trinajstić information content (AvgIpc) is 2.82. The van der Waals surface area contributed by atoms with E-state index in [1.807, 2.05) is 0 Å². The largest absolute Gasteiger partial charge is 0.313 e. The van der Waals surface area contributed by atoms with E-state index in [1.54, 1.807) is 0 Å². The molecule has 1 saturated heterocycles. The number of likely N-dealkylation sites (tertiary alicyclic amines) is 1. The van der Waals surface area contributed by atoms with Gasteiger partial charge in [0.15, 0.2) is 0 Å². The van der Waals surface area contributed by atoms with Gasteiger partial charge < -0.3 is 5.32 Å². The van der Waals surface area contributed by atoms with Gasteiger partial charge in [0, 0.05) is 18.6 Å². The molecule has 3 unspecified atom stereocenters. The first-order chi connectivity index (χ1) is 8.02. The molecule has 0 radical (unpaired) electrons. The van der Waals surface area contributed by atoms with Crippen molar-refractivity contribution < 1.29 is 0 Å². The van der Waals surface area contributed by atoms with Crippen molar-refractivity contribution in [2.24, 2.45) is 11.3 Å². The molecule has 17 heavy (non-hydrogen) atoms. The van der Waals surface area contributed by atoms with Crippen molar-refractivity contribution >= 4 is 0 Å². The SMILES string of the molecule is CCNC1CCCC1N1CCC(C(C)(C)C)C1. The highest BCUT2D eigenvalue weighted by atomic mass is 15.2. The molecule has 0 aromatic carbocycles. The summed E-state index contributed by atoms with van der Waals surface area (Å²) in [6.07, 6.45) is 5.61. The van der Waals surface area contributed by atoms with Gasteiger partial charge in [-0.15, -0.1) is 0 Å². The zero-order valence-corrected chi connectivity index (χ0v) is 12.1. The molecular weight excluding hydrogens is 208 g/mol. The maximum Gasteiger partial charge on any atom is 0.0249 e. The summed E-state index contributed by atoms with van der Waals surface area (Å²) in [6, 6.07) is 1.58. The van der Waals surface area contributed by atoms with Crippen molar-refractivity contribution in [1.29, 1.82) is 0 Å². The van der Waals surface area contributed by atoms with Crippen molar-refractivity contribution in [2.45, 2.75) is 65.5 Å². The molecule has 0 amide bonds. The third-order valence-electron chi connectivity index (χ3n) is 4.86. The van der Waals surface area contributed by atoms with E-state index in [0.717, 1.165) is 24.5 Å². The Hall–Kier alpha value is -0.0800. The number of nitrogens with one attached hydrogen (secondary N) is 1. The van der Waals surface area contributed by atoms with Gasteiger partial charge in [-0.2, -0.15) is 0 Å². The predicted molar refractivity (Wildman–Crippen MR) is 74.2 cm³/mol. The van der Waals surface area contributed by atoms with Crippen LogP contribution in [0.25, 0.3) is 0 Å². The molecule has 0 aromatic rings. The molecule has 0 spiro atoms. The Labute approximate surface area is 107 Å². The van der Waals surface area contributed by atoms with Crippen molar-refractivity contribution in [3.05, 3.63) is 0 Å². The molecule has 1 aliphatic heterocycles. The Morgan fingerprint density at radius 3 is 2.53 bits per heavy atom. The maximum atomic E-state index is 3.68. The van der Waals surface area contributed by atoms with Gasteiger partial charge in [0.2, 0.25) is 0 Å². The van der Waals surface area contributed by atoms with Crippen molar-refractivity contribution in [2.75, 3.05) is 19.6 Å². The Bertz CT molecular complexity index is 244.